The van der Waals surface area contributed by atoms with Crippen LogP contribution in [0.2, 0.25) is 0 Å². The lowest BCUT2D eigenvalue weighted by Gasteiger charge is -2.22. The molecule has 1 rings (SSSR count). The molecule has 0 spiro atoms. The number of nitrogens with zero attached hydrogens (tertiary/aromatic N) is 2. The summed E-state index contributed by atoms with van der Waals surface area (Å²) in [5.41, 5.74) is 0. The Morgan fingerprint density at radius 2 is 2.12 bits per heavy atom. The zero-order valence-electron chi connectivity index (χ0n) is 8.68. The van der Waals surface area contributed by atoms with Crippen molar-refractivity contribution in [1.82, 2.24) is 4.98 Å². The van der Waals surface area contributed by atoms with E-state index in [1.165, 1.54) is 12.3 Å². The Morgan fingerprint density at radius 1 is 1.41 bits per heavy atom. The van der Waals surface area contributed by atoms with Gasteiger partial charge in [-0.05, 0) is 12.1 Å². The van der Waals surface area contributed by atoms with Crippen LogP contribution in [0.25, 0.3) is 0 Å². The fraction of sp³-hybridized carbons (Fsp3) is 0.200. The van der Waals surface area contributed by atoms with Gasteiger partial charge < -0.3 is 10.2 Å². The van der Waals surface area contributed by atoms with E-state index in [-0.39, 0.29) is 12.2 Å². The Bertz CT molecular complexity index is 420. The Labute approximate surface area is 96.3 Å². The van der Waals surface area contributed by atoms with E-state index in [9.17, 15) is 14.4 Å². The van der Waals surface area contributed by atoms with Gasteiger partial charge in [-0.25, -0.2) is 9.78 Å². The average Bonchev–Trinajstić information content (AvgIpc) is 2.29. The van der Waals surface area contributed by atoms with Gasteiger partial charge in [-0.1, -0.05) is 6.07 Å². The van der Waals surface area contributed by atoms with Gasteiger partial charge in [-0.2, -0.15) is 0 Å². The number of hydrogen-bond donors (Lipinski definition) is 2. The summed E-state index contributed by atoms with van der Waals surface area (Å²) in [5.74, 6) is -2.61. The molecule has 0 aliphatic carbocycles. The van der Waals surface area contributed by atoms with Crippen molar-refractivity contribution in [2.24, 2.45) is 0 Å². The number of carboxylic acid groups (broad SMARTS) is 2. The van der Waals surface area contributed by atoms with Gasteiger partial charge in [0.05, 0.1) is 6.42 Å². The summed E-state index contributed by atoms with van der Waals surface area (Å²) in [4.78, 5) is 36.9. The third-order valence-electron chi connectivity index (χ3n) is 2.02. The maximum Gasteiger partial charge on any atom is 0.327 e. The predicted octanol–water partition coefficient (Wildman–Crippen LogP) is -0.0277. The van der Waals surface area contributed by atoms with Gasteiger partial charge in [0.1, 0.15) is 11.9 Å². The van der Waals surface area contributed by atoms with E-state index in [1.807, 2.05) is 0 Å². The smallest absolute Gasteiger partial charge is 0.327 e. The maximum absolute atomic E-state index is 10.9. The number of pyridine rings is 1. The number of aliphatic carboxylic acids is 2. The molecule has 0 aliphatic heterocycles. The highest BCUT2D eigenvalue weighted by molar-refractivity contribution is 5.90. The largest absolute Gasteiger partial charge is 0.481 e. The Balaban J connectivity index is 3.01. The first kappa shape index (κ1) is 12.6. The van der Waals surface area contributed by atoms with Crippen molar-refractivity contribution in [3.05, 3.63) is 24.4 Å². The van der Waals surface area contributed by atoms with Gasteiger partial charge >= 0.3 is 11.9 Å². The topological polar surface area (TPSA) is 108 Å². The standard InChI is InChI=1S/C10H10N2O5/c13-6-12(8-3-1-2-4-11-8)7(10(16)17)5-9(14)15/h1-4,6-7H,5H2,(H,14,15)(H,16,17)/t7-/m0/s1. The molecule has 0 bridgehead atoms. The first-order chi connectivity index (χ1) is 8.06. The van der Waals surface area contributed by atoms with Crippen molar-refractivity contribution in [3.63, 3.8) is 0 Å². The van der Waals surface area contributed by atoms with E-state index >= 15 is 0 Å². The Hall–Kier alpha value is -2.44. The van der Waals surface area contributed by atoms with Crippen LogP contribution in [0, 0.1) is 0 Å². The van der Waals surface area contributed by atoms with Crippen molar-refractivity contribution in [3.8, 4) is 0 Å². The number of aromatic nitrogens is 1. The SMILES string of the molecule is O=CN(c1ccccn1)[C@@H](CC(=O)O)C(=O)O. The van der Waals surface area contributed by atoms with Gasteiger partial charge in [-0.3, -0.25) is 14.5 Å². The van der Waals surface area contributed by atoms with Crippen LogP contribution < -0.4 is 4.90 Å². The number of carbonyl (C=O) groups excluding carboxylic acids is 1. The number of hydrogen-bond acceptors (Lipinski definition) is 4. The third kappa shape index (κ3) is 3.26. The Kier molecular flexibility index (Phi) is 4.15. The van der Waals surface area contributed by atoms with Crippen LogP contribution in [0.4, 0.5) is 5.82 Å². The van der Waals surface area contributed by atoms with Gasteiger partial charge in [-0.15, -0.1) is 0 Å². The maximum atomic E-state index is 10.9. The summed E-state index contributed by atoms with van der Waals surface area (Å²) in [6, 6.07) is 3.12. The quantitative estimate of drug-likeness (QED) is 0.674. The van der Waals surface area contributed by atoms with Crippen LogP contribution in [0.3, 0.4) is 0 Å². The highest BCUT2D eigenvalue weighted by atomic mass is 16.4. The minimum atomic E-state index is -1.47. The summed E-state index contributed by atoms with van der Waals surface area (Å²) in [7, 11) is 0. The second kappa shape index (κ2) is 5.59. The normalized spacial score (nSPS) is 11.5. The zero-order valence-corrected chi connectivity index (χ0v) is 8.68. The molecule has 0 fully saturated rings. The molecule has 1 atom stereocenters. The number of anilines is 1. The predicted molar refractivity (Wildman–Crippen MR) is 56.5 cm³/mol. The summed E-state index contributed by atoms with van der Waals surface area (Å²) in [6.45, 7) is 0. The van der Waals surface area contributed by atoms with Gasteiger partial charge in [0.25, 0.3) is 0 Å². The molecule has 90 valence electrons. The molecule has 7 heteroatoms. The molecule has 0 aliphatic rings. The van der Waals surface area contributed by atoms with Crippen molar-refractivity contribution in [2.45, 2.75) is 12.5 Å². The van der Waals surface area contributed by atoms with Crippen LogP contribution in [-0.4, -0.2) is 39.6 Å². The van der Waals surface area contributed by atoms with E-state index in [4.69, 9.17) is 10.2 Å². The minimum absolute atomic E-state index is 0.0937. The fourth-order valence-corrected chi connectivity index (χ4v) is 1.26. The highest BCUT2D eigenvalue weighted by Gasteiger charge is 2.28. The van der Waals surface area contributed by atoms with Crippen LogP contribution in [0.1, 0.15) is 6.42 Å². The van der Waals surface area contributed by atoms with E-state index in [0.29, 0.717) is 0 Å². The second-order valence-electron chi connectivity index (χ2n) is 3.15. The lowest BCUT2D eigenvalue weighted by atomic mass is 10.2. The summed E-state index contributed by atoms with van der Waals surface area (Å²) in [5, 5.41) is 17.5. The van der Waals surface area contributed by atoms with Crippen LogP contribution >= 0.6 is 0 Å². The molecule has 0 saturated heterocycles. The molecular formula is C10H10N2O5. The molecular weight excluding hydrogens is 228 g/mol. The molecule has 0 saturated carbocycles. The third-order valence-corrected chi connectivity index (χ3v) is 2.02. The molecule has 17 heavy (non-hydrogen) atoms. The first-order valence-electron chi connectivity index (χ1n) is 4.65. The van der Waals surface area contributed by atoms with Gasteiger partial charge in [0.2, 0.25) is 6.41 Å². The van der Waals surface area contributed by atoms with Crippen LogP contribution in [0.15, 0.2) is 24.4 Å². The highest BCUT2D eigenvalue weighted by Crippen LogP contribution is 2.13. The van der Waals surface area contributed by atoms with E-state index in [1.54, 1.807) is 12.1 Å². The Morgan fingerprint density at radius 3 is 2.53 bits per heavy atom. The van der Waals surface area contributed by atoms with Crippen LogP contribution in [-0.2, 0) is 14.4 Å². The van der Waals surface area contributed by atoms with Crippen molar-refractivity contribution < 1.29 is 24.6 Å². The average molecular weight is 238 g/mol. The zero-order chi connectivity index (χ0) is 12.8. The molecule has 1 aromatic rings. The van der Waals surface area contributed by atoms with E-state index < -0.39 is 24.4 Å². The first-order valence-corrected chi connectivity index (χ1v) is 4.65. The van der Waals surface area contributed by atoms with E-state index in [0.717, 1.165) is 4.90 Å². The van der Waals surface area contributed by atoms with Crippen molar-refractivity contribution in [2.75, 3.05) is 4.90 Å². The second-order valence-corrected chi connectivity index (χ2v) is 3.15. The van der Waals surface area contributed by atoms with Crippen molar-refractivity contribution >= 4 is 24.2 Å². The summed E-state index contributed by atoms with van der Waals surface area (Å²) >= 11 is 0. The fourth-order valence-electron chi connectivity index (χ4n) is 1.26. The molecule has 0 unspecified atom stereocenters. The molecule has 0 radical (unpaired) electrons. The number of carbonyl (C=O) groups is 3. The number of amides is 1. The van der Waals surface area contributed by atoms with Gasteiger partial charge in [0.15, 0.2) is 0 Å². The molecule has 2 N–H and O–H groups in total. The van der Waals surface area contributed by atoms with E-state index in [2.05, 4.69) is 4.98 Å². The molecule has 0 aromatic carbocycles. The molecule has 1 heterocycles. The minimum Gasteiger partial charge on any atom is -0.481 e. The number of carboxylic acids is 2. The molecule has 1 amide bonds. The summed E-state index contributed by atoms with van der Waals surface area (Å²) < 4.78 is 0. The lowest BCUT2D eigenvalue weighted by molar-refractivity contribution is -0.145. The summed E-state index contributed by atoms with van der Waals surface area (Å²) in [6.07, 6.45) is 0.945. The van der Waals surface area contributed by atoms with Crippen LogP contribution in [0.5, 0.6) is 0 Å². The van der Waals surface area contributed by atoms with Gasteiger partial charge in [0, 0.05) is 6.20 Å². The lowest BCUT2D eigenvalue weighted by Crippen LogP contribution is -2.42. The molecule has 7 nitrogen and oxygen atoms in total. The molecule has 1 aromatic heterocycles. The number of rotatable bonds is 6. The van der Waals surface area contributed by atoms with Crippen molar-refractivity contribution in [1.29, 1.82) is 0 Å². The monoisotopic (exact) mass is 238 g/mol.